The first-order valence-corrected chi connectivity index (χ1v) is 8.23. The highest BCUT2D eigenvalue weighted by molar-refractivity contribution is 7.78. The third kappa shape index (κ3) is 7.37. The van der Waals surface area contributed by atoms with Crippen molar-refractivity contribution in [2.24, 2.45) is 0 Å². The van der Waals surface area contributed by atoms with Gasteiger partial charge in [0.25, 0.3) is 11.8 Å². The molecule has 0 radical (unpaired) electrons. The number of ether oxygens (including phenoxy) is 1. The number of nitriles is 1. The Kier molecular flexibility index (Phi) is 8.71. The number of anilines is 1. The molecular weight excluding hydrogens is 330 g/mol. The molecule has 1 aromatic rings. The quantitative estimate of drug-likeness (QED) is 0.359. The molecule has 0 saturated heterocycles. The summed E-state index contributed by atoms with van der Waals surface area (Å²) in [7, 11) is 0. The van der Waals surface area contributed by atoms with Crippen LogP contribution in [0.4, 0.5) is 10.7 Å². The number of nitrogens with zero attached hydrogens (tertiary/aromatic N) is 3. The number of hydrogen-bond donors (Lipinski definition) is 3. The number of aromatic amines is 1. The first-order chi connectivity index (χ1) is 11.4. The van der Waals surface area contributed by atoms with Gasteiger partial charge in [-0.1, -0.05) is 33.1 Å². The third-order valence-electron chi connectivity index (χ3n) is 3.24. The van der Waals surface area contributed by atoms with Crippen LogP contribution in [0.15, 0.2) is 10.9 Å². The second-order valence-corrected chi connectivity index (χ2v) is 6.06. The number of aromatic nitrogens is 2. The van der Waals surface area contributed by atoms with Crippen molar-refractivity contribution in [3.8, 4) is 6.26 Å². The van der Waals surface area contributed by atoms with E-state index in [0.717, 1.165) is 25.7 Å². The molecule has 2 N–H and O–H groups in total. The molecule has 0 aliphatic carbocycles. The van der Waals surface area contributed by atoms with Crippen LogP contribution in [0.5, 0.6) is 0 Å². The van der Waals surface area contributed by atoms with Gasteiger partial charge in [-0.15, -0.1) is 0 Å². The third-order valence-corrected chi connectivity index (χ3v) is 3.63. The summed E-state index contributed by atoms with van der Waals surface area (Å²) >= 11 is 4.14. The molecular formula is C15H23N5O3S. The average molecular weight is 353 g/mol. The van der Waals surface area contributed by atoms with Gasteiger partial charge in [0, 0.05) is 12.6 Å². The lowest BCUT2D eigenvalue weighted by atomic mass is 10.1. The van der Waals surface area contributed by atoms with Gasteiger partial charge in [-0.25, -0.2) is 9.78 Å². The van der Waals surface area contributed by atoms with Crippen LogP contribution in [0.3, 0.4) is 0 Å². The molecule has 1 heterocycles. The van der Waals surface area contributed by atoms with E-state index in [0.29, 0.717) is 18.8 Å². The topological polar surface area (TPSA) is 111 Å². The maximum atomic E-state index is 12.0. The molecule has 0 fully saturated rings. The van der Waals surface area contributed by atoms with Gasteiger partial charge < -0.3 is 4.74 Å². The zero-order valence-electron chi connectivity index (χ0n) is 13.9. The van der Waals surface area contributed by atoms with Crippen LogP contribution in [-0.2, 0) is 4.74 Å². The van der Waals surface area contributed by atoms with Crippen LogP contribution >= 0.6 is 12.8 Å². The zero-order valence-corrected chi connectivity index (χ0v) is 14.8. The normalized spacial score (nSPS) is 10.3. The van der Waals surface area contributed by atoms with Crippen molar-refractivity contribution in [3.63, 3.8) is 0 Å². The second kappa shape index (κ2) is 10.5. The van der Waals surface area contributed by atoms with E-state index < -0.39 is 6.03 Å². The van der Waals surface area contributed by atoms with Crippen LogP contribution in [0.25, 0.3) is 0 Å². The summed E-state index contributed by atoms with van der Waals surface area (Å²) in [5, 5.41) is 10.8. The minimum absolute atomic E-state index is 0.0834. The summed E-state index contributed by atoms with van der Waals surface area (Å²) in [6.45, 7) is 4.72. The Balaban J connectivity index is 2.39. The van der Waals surface area contributed by atoms with Crippen molar-refractivity contribution in [1.29, 1.82) is 5.26 Å². The lowest BCUT2D eigenvalue weighted by molar-refractivity contribution is 0.237. The molecule has 0 atom stereocenters. The van der Waals surface area contributed by atoms with E-state index in [1.54, 1.807) is 6.26 Å². The summed E-state index contributed by atoms with van der Waals surface area (Å²) in [5.41, 5.74) is 0.300. The molecule has 0 aliphatic heterocycles. The summed E-state index contributed by atoms with van der Waals surface area (Å²) < 4.78 is 5.83. The molecule has 0 aromatic carbocycles. The highest BCUT2D eigenvalue weighted by Gasteiger charge is 2.12. The number of carbonyl (C=O) groups is 1. The number of thiol groups is 1. The predicted octanol–water partition coefficient (Wildman–Crippen LogP) is 2.63. The number of H-pyrrole nitrogens is 1. The van der Waals surface area contributed by atoms with Crippen molar-refractivity contribution < 1.29 is 9.53 Å². The molecule has 9 heteroatoms. The molecule has 2 amide bonds. The lowest BCUT2D eigenvalue weighted by Gasteiger charge is -2.16. The minimum atomic E-state index is -0.449. The first-order valence-electron chi connectivity index (χ1n) is 7.83. The minimum Gasteiger partial charge on any atom is -0.428 e. The second-order valence-electron chi connectivity index (χ2n) is 5.58. The SMILES string of the molecule is CC(C)c1cc(=O)[nH]c(NC(=O)N(S)CCCCCCOC#N)n1. The Morgan fingerprint density at radius 3 is 2.83 bits per heavy atom. The Morgan fingerprint density at radius 1 is 1.46 bits per heavy atom. The molecule has 24 heavy (non-hydrogen) atoms. The van der Waals surface area contributed by atoms with Crippen LogP contribution in [0.2, 0.25) is 0 Å². The van der Waals surface area contributed by atoms with Crippen molar-refractivity contribution in [2.75, 3.05) is 18.5 Å². The standard InChI is InChI=1S/C15H23N5O3S/c1-11(2)12-9-13(21)18-14(17-12)19-15(22)20(24)7-5-3-4-6-8-23-10-16/h9,11,24H,3-8H2,1-2H3,(H2,17,18,19,21,22). The van der Waals surface area contributed by atoms with Gasteiger partial charge in [-0.2, -0.15) is 5.26 Å². The van der Waals surface area contributed by atoms with Gasteiger partial charge in [0.2, 0.25) is 5.95 Å². The zero-order chi connectivity index (χ0) is 17.9. The van der Waals surface area contributed by atoms with Gasteiger partial charge >= 0.3 is 6.03 Å². The van der Waals surface area contributed by atoms with Crippen LogP contribution in [-0.4, -0.2) is 33.5 Å². The fraction of sp³-hybridized carbons (Fsp3) is 0.600. The monoisotopic (exact) mass is 353 g/mol. The lowest BCUT2D eigenvalue weighted by Crippen LogP contribution is -2.30. The smallest absolute Gasteiger partial charge is 0.333 e. The van der Waals surface area contributed by atoms with E-state index >= 15 is 0 Å². The van der Waals surface area contributed by atoms with E-state index in [2.05, 4.69) is 32.8 Å². The molecule has 0 unspecified atom stereocenters. The average Bonchev–Trinajstić information content (AvgIpc) is 2.53. The van der Waals surface area contributed by atoms with E-state index in [4.69, 9.17) is 5.26 Å². The summed E-state index contributed by atoms with van der Waals surface area (Å²) in [4.78, 5) is 30.3. The van der Waals surface area contributed by atoms with Gasteiger partial charge in [0.1, 0.15) is 6.61 Å². The Hall–Kier alpha value is -2.21. The number of nitrogens with one attached hydrogen (secondary N) is 2. The predicted molar refractivity (Wildman–Crippen MR) is 93.7 cm³/mol. The van der Waals surface area contributed by atoms with Crippen molar-refractivity contribution in [3.05, 3.63) is 22.1 Å². The fourth-order valence-electron chi connectivity index (χ4n) is 1.93. The molecule has 8 nitrogen and oxygen atoms in total. The summed E-state index contributed by atoms with van der Waals surface area (Å²) in [6.07, 6.45) is 5.02. The molecule has 0 spiro atoms. The molecule has 1 rings (SSSR count). The van der Waals surface area contributed by atoms with Gasteiger partial charge in [0.05, 0.1) is 5.69 Å². The highest BCUT2D eigenvalue weighted by atomic mass is 32.1. The molecule has 0 bridgehead atoms. The number of rotatable bonds is 9. The summed E-state index contributed by atoms with van der Waals surface area (Å²) in [5.74, 6) is 0.198. The Labute approximate surface area is 146 Å². The Bertz CT molecular complexity index is 626. The van der Waals surface area contributed by atoms with Crippen molar-refractivity contribution in [1.82, 2.24) is 14.3 Å². The molecule has 0 aliphatic rings. The van der Waals surface area contributed by atoms with Crippen LogP contribution < -0.4 is 10.9 Å². The number of hydrogen-bond acceptors (Lipinski definition) is 6. The highest BCUT2D eigenvalue weighted by Crippen LogP contribution is 2.11. The van der Waals surface area contributed by atoms with E-state index in [1.165, 1.54) is 10.4 Å². The van der Waals surface area contributed by atoms with Crippen molar-refractivity contribution >= 4 is 24.8 Å². The largest absolute Gasteiger partial charge is 0.428 e. The first kappa shape index (κ1) is 19.8. The summed E-state index contributed by atoms with van der Waals surface area (Å²) in [6, 6.07) is 0.963. The van der Waals surface area contributed by atoms with Gasteiger partial charge in [0.15, 0.2) is 0 Å². The number of carbonyl (C=O) groups excluding carboxylic acids is 1. The molecule has 1 aromatic heterocycles. The molecule has 132 valence electrons. The van der Waals surface area contributed by atoms with E-state index in [1.807, 2.05) is 13.8 Å². The maximum Gasteiger partial charge on any atom is 0.333 e. The number of unbranched alkanes of at least 4 members (excludes halogenated alkanes) is 3. The maximum absolute atomic E-state index is 12.0. The number of amides is 2. The van der Waals surface area contributed by atoms with E-state index in [-0.39, 0.29) is 17.4 Å². The Morgan fingerprint density at radius 2 is 2.17 bits per heavy atom. The van der Waals surface area contributed by atoms with E-state index in [9.17, 15) is 9.59 Å². The molecule has 0 saturated carbocycles. The fourth-order valence-corrected chi connectivity index (χ4v) is 2.13. The van der Waals surface area contributed by atoms with Crippen LogP contribution in [0, 0.1) is 11.5 Å². The number of urea groups is 1. The van der Waals surface area contributed by atoms with Crippen molar-refractivity contribution in [2.45, 2.75) is 45.4 Å². The van der Waals surface area contributed by atoms with Crippen LogP contribution in [0.1, 0.15) is 51.1 Å². The van der Waals surface area contributed by atoms with Gasteiger partial charge in [-0.05, 0) is 25.2 Å². The van der Waals surface area contributed by atoms with Gasteiger partial charge in [-0.3, -0.25) is 19.4 Å².